The zero-order valence-corrected chi connectivity index (χ0v) is 19.2. The van der Waals surface area contributed by atoms with Crippen LogP contribution in [-0.2, 0) is 0 Å². The number of benzene rings is 2. The first-order valence-electron chi connectivity index (χ1n) is 9.68. The fourth-order valence-electron chi connectivity index (χ4n) is 3.52. The summed E-state index contributed by atoms with van der Waals surface area (Å²) < 4.78 is 20.5. The lowest BCUT2D eigenvalue weighted by Gasteiger charge is -2.22. The molecule has 0 aliphatic rings. The molecule has 7 nitrogen and oxygen atoms in total. The molecule has 32 heavy (non-hydrogen) atoms. The van der Waals surface area contributed by atoms with Gasteiger partial charge in [0.05, 0.1) is 17.3 Å². The van der Waals surface area contributed by atoms with Crippen molar-refractivity contribution in [2.75, 3.05) is 15.7 Å². The number of hydrogen-bond donors (Lipinski definition) is 2. The van der Waals surface area contributed by atoms with Crippen LogP contribution in [0.3, 0.4) is 0 Å². The fourth-order valence-corrected chi connectivity index (χ4v) is 3.83. The first-order valence-corrected chi connectivity index (χ1v) is 11.2. The number of anilines is 2. The van der Waals surface area contributed by atoms with Gasteiger partial charge in [-0.05, 0) is 53.3 Å². The summed E-state index contributed by atoms with van der Waals surface area (Å²) in [5, 5.41) is 13.3. The number of nitrogens with one attached hydrogen (secondary N) is 1. The second-order valence-electron chi connectivity index (χ2n) is 6.94. The molecular weight excluding hydrogens is 522 g/mol. The van der Waals surface area contributed by atoms with E-state index < -0.39 is 6.04 Å². The lowest BCUT2D eigenvalue weighted by molar-refractivity contribution is 0.409. The van der Waals surface area contributed by atoms with Crippen LogP contribution in [0.2, 0.25) is 0 Å². The quantitative estimate of drug-likeness (QED) is 0.255. The van der Waals surface area contributed by atoms with E-state index in [4.69, 9.17) is 15.5 Å². The van der Waals surface area contributed by atoms with Crippen LogP contribution in [0.4, 0.5) is 16.0 Å². The zero-order valence-electron chi connectivity index (χ0n) is 17.0. The number of nitrogen functional groups attached to an aromatic ring is 1. The lowest BCUT2D eigenvalue weighted by atomic mass is 9.96. The molecular formula is C23H18FIN6O. The van der Waals surface area contributed by atoms with E-state index in [2.05, 4.69) is 37.9 Å². The van der Waals surface area contributed by atoms with Crippen molar-refractivity contribution >= 4 is 45.1 Å². The summed E-state index contributed by atoms with van der Waals surface area (Å²) in [6.45, 7) is 1.90. The standard InChI is InChI=1S/C23H18FIN6O/c1-13(30-23-17(10-26)22(27)28-12-29-23)20-19(14-5-3-2-4-6-14)21(32-11-25)16-9-15(24)7-8-18(16)31-20/h2-9,12-13H,11H2,1H3,(H3,27,28,29,30). The number of alkyl halides is 1. The van der Waals surface area contributed by atoms with Gasteiger partial charge in [0.25, 0.3) is 0 Å². The molecule has 0 bridgehead atoms. The molecule has 2 heterocycles. The Hall–Kier alpha value is -3.52. The Morgan fingerprint density at radius 1 is 1.22 bits per heavy atom. The molecule has 4 aromatic rings. The minimum Gasteiger partial charge on any atom is -0.482 e. The summed E-state index contributed by atoms with van der Waals surface area (Å²) in [5.74, 6) is 0.576. The highest BCUT2D eigenvalue weighted by molar-refractivity contribution is 14.1. The minimum absolute atomic E-state index is 0.0939. The number of hydrogen-bond acceptors (Lipinski definition) is 7. The van der Waals surface area contributed by atoms with Crippen LogP contribution in [0.5, 0.6) is 5.75 Å². The molecule has 0 saturated carbocycles. The fraction of sp³-hybridized carbons (Fsp3) is 0.130. The van der Waals surface area contributed by atoms with Crippen molar-refractivity contribution in [2.24, 2.45) is 0 Å². The Morgan fingerprint density at radius 2 is 2.00 bits per heavy atom. The van der Waals surface area contributed by atoms with Crippen LogP contribution in [0.25, 0.3) is 22.0 Å². The highest BCUT2D eigenvalue weighted by Gasteiger charge is 2.23. The van der Waals surface area contributed by atoms with E-state index in [1.165, 1.54) is 18.5 Å². The smallest absolute Gasteiger partial charge is 0.150 e. The molecule has 160 valence electrons. The van der Waals surface area contributed by atoms with E-state index in [0.29, 0.717) is 32.8 Å². The molecule has 1 atom stereocenters. The molecule has 0 saturated heterocycles. The summed E-state index contributed by atoms with van der Waals surface area (Å²) in [5.41, 5.74) is 8.86. The van der Waals surface area contributed by atoms with E-state index in [9.17, 15) is 9.65 Å². The minimum atomic E-state index is -0.391. The molecule has 0 spiro atoms. The summed E-state index contributed by atoms with van der Waals surface area (Å²) in [6.07, 6.45) is 1.30. The monoisotopic (exact) mass is 540 g/mol. The number of pyridine rings is 1. The van der Waals surface area contributed by atoms with Crippen LogP contribution in [0, 0.1) is 17.1 Å². The van der Waals surface area contributed by atoms with Crippen LogP contribution < -0.4 is 15.8 Å². The van der Waals surface area contributed by atoms with E-state index in [1.54, 1.807) is 6.07 Å². The predicted octanol–water partition coefficient (Wildman–Crippen LogP) is 5.23. The molecule has 0 amide bonds. The molecule has 2 aromatic heterocycles. The Morgan fingerprint density at radius 3 is 2.72 bits per heavy atom. The summed E-state index contributed by atoms with van der Waals surface area (Å²) in [4.78, 5) is 12.9. The number of nitrogens with zero attached hydrogens (tertiary/aromatic N) is 4. The van der Waals surface area contributed by atoms with Crippen molar-refractivity contribution in [3.8, 4) is 22.9 Å². The zero-order chi connectivity index (χ0) is 22.7. The van der Waals surface area contributed by atoms with E-state index in [1.807, 2.05) is 43.3 Å². The largest absolute Gasteiger partial charge is 0.482 e. The number of halogens is 2. The maximum absolute atomic E-state index is 14.1. The third-order valence-corrected chi connectivity index (χ3v) is 5.25. The second kappa shape index (κ2) is 9.32. The first-order chi connectivity index (χ1) is 15.5. The normalized spacial score (nSPS) is 11.7. The van der Waals surface area contributed by atoms with Gasteiger partial charge in [0, 0.05) is 10.9 Å². The SMILES string of the molecule is CC(Nc1ncnc(N)c1C#N)c1nc2ccc(F)cc2c(OCI)c1-c1ccccc1. The second-order valence-corrected chi connectivity index (χ2v) is 7.57. The Kier molecular flexibility index (Phi) is 6.32. The number of ether oxygens (including phenoxy) is 1. The highest BCUT2D eigenvalue weighted by Crippen LogP contribution is 2.41. The number of fused-ring (bicyclic) bond motifs is 1. The highest BCUT2D eigenvalue weighted by atomic mass is 127. The van der Waals surface area contributed by atoms with Crippen molar-refractivity contribution in [3.05, 3.63) is 71.9 Å². The van der Waals surface area contributed by atoms with E-state index in [-0.39, 0.29) is 17.2 Å². The van der Waals surface area contributed by atoms with Gasteiger partial charge in [0.2, 0.25) is 0 Å². The molecule has 0 fully saturated rings. The van der Waals surface area contributed by atoms with Crippen LogP contribution in [0.15, 0.2) is 54.9 Å². The van der Waals surface area contributed by atoms with Gasteiger partial charge in [-0.15, -0.1) is 0 Å². The van der Waals surface area contributed by atoms with Crippen LogP contribution >= 0.6 is 22.6 Å². The molecule has 0 radical (unpaired) electrons. The number of nitriles is 1. The third kappa shape index (κ3) is 4.13. The number of rotatable bonds is 6. The van der Waals surface area contributed by atoms with Gasteiger partial charge < -0.3 is 15.8 Å². The average Bonchev–Trinajstić information content (AvgIpc) is 2.80. The van der Waals surface area contributed by atoms with Crippen LogP contribution in [-0.4, -0.2) is 19.6 Å². The van der Waals surface area contributed by atoms with Gasteiger partial charge in [-0.1, -0.05) is 30.3 Å². The van der Waals surface area contributed by atoms with Gasteiger partial charge in [-0.25, -0.2) is 19.3 Å². The van der Waals surface area contributed by atoms with Gasteiger partial charge in [0.1, 0.15) is 45.8 Å². The predicted molar refractivity (Wildman–Crippen MR) is 130 cm³/mol. The molecule has 9 heteroatoms. The summed E-state index contributed by atoms with van der Waals surface area (Å²) >= 11 is 2.11. The molecule has 3 N–H and O–H groups in total. The van der Waals surface area contributed by atoms with Crippen LogP contribution in [0.1, 0.15) is 24.2 Å². The lowest BCUT2D eigenvalue weighted by Crippen LogP contribution is -2.14. The molecule has 0 aliphatic heterocycles. The summed E-state index contributed by atoms with van der Waals surface area (Å²) in [7, 11) is 0. The average molecular weight is 540 g/mol. The van der Waals surface area contributed by atoms with Gasteiger partial charge in [-0.3, -0.25) is 0 Å². The van der Waals surface area contributed by atoms with Gasteiger partial charge in [0.15, 0.2) is 0 Å². The maximum Gasteiger partial charge on any atom is 0.150 e. The van der Waals surface area contributed by atoms with E-state index in [0.717, 1.165) is 11.1 Å². The summed E-state index contributed by atoms with van der Waals surface area (Å²) in [6, 6.07) is 15.7. The molecule has 2 aromatic carbocycles. The van der Waals surface area contributed by atoms with Crippen molar-refractivity contribution in [1.82, 2.24) is 15.0 Å². The van der Waals surface area contributed by atoms with Crippen molar-refractivity contribution in [2.45, 2.75) is 13.0 Å². The molecule has 4 rings (SSSR count). The Labute approximate surface area is 197 Å². The Balaban J connectivity index is 1.95. The topological polar surface area (TPSA) is 110 Å². The van der Waals surface area contributed by atoms with Gasteiger partial charge >= 0.3 is 0 Å². The van der Waals surface area contributed by atoms with Crippen molar-refractivity contribution < 1.29 is 9.13 Å². The Bertz CT molecular complexity index is 1330. The number of aromatic nitrogens is 3. The van der Waals surface area contributed by atoms with E-state index >= 15 is 0 Å². The maximum atomic E-state index is 14.1. The van der Waals surface area contributed by atoms with Crippen molar-refractivity contribution in [3.63, 3.8) is 0 Å². The van der Waals surface area contributed by atoms with Gasteiger partial charge in [-0.2, -0.15) is 5.26 Å². The first kappa shape index (κ1) is 21.7. The molecule has 1 unspecified atom stereocenters. The number of nitrogens with two attached hydrogens (primary N) is 1. The third-order valence-electron chi connectivity index (χ3n) is 4.94. The molecule has 0 aliphatic carbocycles. The van der Waals surface area contributed by atoms with Crippen molar-refractivity contribution in [1.29, 1.82) is 5.26 Å².